The molecule has 0 aromatic carbocycles. The molecule has 246 valence electrons. The maximum atomic E-state index is 12.4. The summed E-state index contributed by atoms with van der Waals surface area (Å²) in [7, 11) is 0. The summed E-state index contributed by atoms with van der Waals surface area (Å²) in [6.07, 6.45) is -13.3. The lowest BCUT2D eigenvalue weighted by molar-refractivity contribution is -0.318. The van der Waals surface area contributed by atoms with Gasteiger partial charge in [-0.05, 0) is 11.5 Å². The molecule has 0 aromatic rings. The van der Waals surface area contributed by atoms with Crippen LogP contribution >= 0.6 is 0 Å². The van der Waals surface area contributed by atoms with Crippen LogP contribution in [0.25, 0.3) is 0 Å². The molecule has 0 radical (unpaired) electrons. The van der Waals surface area contributed by atoms with Crippen LogP contribution in [-0.4, -0.2) is 153 Å². The first-order chi connectivity index (χ1) is 20.4. The first kappa shape index (κ1) is 32.9. The fourth-order valence-electron chi connectivity index (χ4n) is 6.35. The van der Waals surface area contributed by atoms with E-state index in [0.717, 1.165) is 0 Å². The molecule has 3 saturated heterocycles. The summed E-state index contributed by atoms with van der Waals surface area (Å²) in [5, 5.41) is 81.8. The number of hydrogen-bond acceptors (Lipinski definition) is 16. The van der Waals surface area contributed by atoms with Crippen LogP contribution < -0.4 is 0 Å². The van der Waals surface area contributed by atoms with E-state index in [1.54, 1.807) is 0 Å². The van der Waals surface area contributed by atoms with Gasteiger partial charge in [0.05, 0.1) is 56.9 Å². The maximum absolute atomic E-state index is 12.4. The molecule has 0 spiro atoms. The van der Waals surface area contributed by atoms with Gasteiger partial charge in [0.15, 0.2) is 12.6 Å². The number of aliphatic hydroxyl groups excluding tert-OH is 7. The predicted molar refractivity (Wildman–Crippen MR) is 137 cm³/mol. The zero-order valence-corrected chi connectivity index (χ0v) is 23.8. The summed E-state index contributed by atoms with van der Waals surface area (Å²) in [4.78, 5) is 12.4. The molecule has 0 bridgehead atoms. The highest BCUT2D eigenvalue weighted by atomic mass is 16.7. The largest absolute Gasteiger partial charge is 0.462 e. The van der Waals surface area contributed by atoms with Crippen LogP contribution in [0.3, 0.4) is 0 Å². The molecule has 0 amide bonds. The molecule has 2 unspecified atom stereocenters. The van der Waals surface area contributed by atoms with Gasteiger partial charge in [0.25, 0.3) is 0 Å². The molecular formula is C27H42O16. The molecule has 0 aromatic heterocycles. The Hall–Kier alpha value is -1.51. The lowest BCUT2D eigenvalue weighted by Crippen LogP contribution is -2.59. The van der Waals surface area contributed by atoms with Crippen molar-refractivity contribution in [3.63, 3.8) is 0 Å². The summed E-state index contributed by atoms with van der Waals surface area (Å²) in [6.45, 7) is 1.96. The molecule has 16 nitrogen and oxygen atoms in total. The Balaban J connectivity index is 1.21. The fourth-order valence-corrected chi connectivity index (χ4v) is 6.35. The zero-order chi connectivity index (χ0) is 31.2. The third-order valence-corrected chi connectivity index (χ3v) is 8.70. The van der Waals surface area contributed by atoms with E-state index in [0.29, 0.717) is 5.57 Å². The minimum atomic E-state index is -1.73. The van der Waals surface area contributed by atoms with Crippen LogP contribution in [0.4, 0.5) is 0 Å². The molecule has 1 saturated carbocycles. The van der Waals surface area contributed by atoms with E-state index < -0.39 is 110 Å². The van der Waals surface area contributed by atoms with Gasteiger partial charge in [-0.3, -0.25) is 4.79 Å². The second kappa shape index (κ2) is 13.1. The van der Waals surface area contributed by atoms with E-state index in [-0.39, 0.29) is 32.0 Å². The van der Waals surface area contributed by atoms with Gasteiger partial charge >= 0.3 is 5.97 Å². The van der Waals surface area contributed by atoms with E-state index >= 15 is 0 Å². The number of hydrogen-bond donors (Lipinski definition) is 8. The van der Waals surface area contributed by atoms with E-state index in [1.807, 2.05) is 13.8 Å². The van der Waals surface area contributed by atoms with Crippen LogP contribution in [-0.2, 0) is 38.0 Å². The third kappa shape index (κ3) is 6.44. The molecule has 8 N–H and O–H groups in total. The maximum Gasteiger partial charge on any atom is 0.309 e. The summed E-state index contributed by atoms with van der Waals surface area (Å²) in [5.74, 6) is -1.89. The van der Waals surface area contributed by atoms with Crippen molar-refractivity contribution in [2.75, 3.05) is 26.4 Å². The average Bonchev–Trinajstić information content (AvgIpc) is 3.72. The Morgan fingerprint density at radius 1 is 0.977 bits per heavy atom. The smallest absolute Gasteiger partial charge is 0.309 e. The SMILES string of the molecule is CC(C)CC(=O)O[C@@H]1OC=C(CO[C@@H]2O[C@H](CO[C@@H]3O[C@H](CO)[C@@H](O)[C@H](O)[C@H]3O)C[C@H](O)[C@H]2O)[C@H]2C3OC3[C@@](O)(CO)[C@@H]12. The van der Waals surface area contributed by atoms with E-state index in [1.165, 1.54) is 6.26 Å². The van der Waals surface area contributed by atoms with Crippen molar-refractivity contribution < 1.29 is 78.8 Å². The number of ether oxygens (including phenoxy) is 7. The standard InChI is InChI=1S/C27H42O16/c1-10(2)3-15(31)42-24-17-16(22-23(43-22)27(17,36)9-29)11(6-37-24)7-38-25-18(32)13(30)4-12(40-25)8-39-26-21(35)20(34)19(33)14(5-28)41-26/h6,10,12-14,16-26,28-30,32-36H,3-5,7-9H2,1-2H3/t12-,13-,14+,16+,17+,18+,19+,20-,21+,22?,23?,24-,25+,26+,27+/m0/s1. The summed E-state index contributed by atoms with van der Waals surface area (Å²) in [5.41, 5.74) is -1.25. The molecule has 4 aliphatic heterocycles. The number of carbonyl (C=O) groups is 1. The van der Waals surface area contributed by atoms with Gasteiger partial charge in [0, 0.05) is 18.8 Å². The lowest BCUT2D eigenvalue weighted by Gasteiger charge is -2.42. The average molecular weight is 623 g/mol. The molecule has 5 aliphatic rings. The van der Waals surface area contributed by atoms with Gasteiger partial charge < -0.3 is 74.0 Å². The number of esters is 1. The third-order valence-electron chi connectivity index (χ3n) is 8.70. The molecule has 15 atom stereocenters. The minimum Gasteiger partial charge on any atom is -0.462 e. The van der Waals surface area contributed by atoms with Crippen LogP contribution in [0.1, 0.15) is 26.7 Å². The van der Waals surface area contributed by atoms with Gasteiger partial charge in [-0.1, -0.05) is 13.8 Å². The Kier molecular flexibility index (Phi) is 10.00. The predicted octanol–water partition coefficient (Wildman–Crippen LogP) is -3.78. The number of aliphatic hydroxyl groups is 8. The Morgan fingerprint density at radius 3 is 2.37 bits per heavy atom. The number of fused-ring (bicyclic) bond motifs is 3. The van der Waals surface area contributed by atoms with Crippen molar-refractivity contribution in [2.24, 2.45) is 17.8 Å². The van der Waals surface area contributed by atoms with Crippen molar-refractivity contribution in [3.05, 3.63) is 11.8 Å². The van der Waals surface area contributed by atoms with Crippen LogP contribution in [0, 0.1) is 17.8 Å². The Labute approximate surface area is 247 Å². The first-order valence-electron chi connectivity index (χ1n) is 14.5. The van der Waals surface area contributed by atoms with Gasteiger partial charge in [-0.25, -0.2) is 0 Å². The molecule has 5 rings (SSSR count). The Morgan fingerprint density at radius 2 is 1.70 bits per heavy atom. The van der Waals surface area contributed by atoms with Crippen LogP contribution in [0.5, 0.6) is 0 Å². The highest BCUT2D eigenvalue weighted by Crippen LogP contribution is 2.58. The highest BCUT2D eigenvalue weighted by Gasteiger charge is 2.74. The number of carbonyl (C=O) groups excluding carboxylic acids is 1. The number of epoxide rings is 1. The van der Waals surface area contributed by atoms with E-state index in [9.17, 15) is 45.6 Å². The lowest BCUT2D eigenvalue weighted by atomic mass is 9.79. The van der Waals surface area contributed by atoms with Crippen LogP contribution in [0.2, 0.25) is 0 Å². The summed E-state index contributed by atoms with van der Waals surface area (Å²) < 4.78 is 39.3. The first-order valence-corrected chi connectivity index (χ1v) is 14.5. The Bertz CT molecular complexity index is 1010. The van der Waals surface area contributed by atoms with Crippen molar-refractivity contribution in [3.8, 4) is 0 Å². The van der Waals surface area contributed by atoms with E-state index in [4.69, 9.17) is 33.2 Å². The quantitative estimate of drug-likeness (QED) is 0.0814. The monoisotopic (exact) mass is 622 g/mol. The van der Waals surface area contributed by atoms with Crippen molar-refractivity contribution >= 4 is 5.97 Å². The fraction of sp³-hybridized carbons (Fsp3) is 0.889. The highest BCUT2D eigenvalue weighted by molar-refractivity contribution is 5.69. The van der Waals surface area contributed by atoms with Gasteiger partial charge in [0.1, 0.15) is 42.2 Å². The van der Waals surface area contributed by atoms with Crippen LogP contribution in [0.15, 0.2) is 11.8 Å². The second-order valence-electron chi connectivity index (χ2n) is 12.3. The van der Waals surface area contributed by atoms with E-state index in [2.05, 4.69) is 0 Å². The molecule has 43 heavy (non-hydrogen) atoms. The topological polar surface area (TPSA) is 247 Å². The van der Waals surface area contributed by atoms with Crippen molar-refractivity contribution in [1.82, 2.24) is 0 Å². The molecule has 1 aliphatic carbocycles. The molecule has 16 heteroatoms. The van der Waals surface area contributed by atoms with Crippen molar-refractivity contribution in [1.29, 1.82) is 0 Å². The number of rotatable bonds is 11. The second-order valence-corrected chi connectivity index (χ2v) is 12.3. The zero-order valence-electron chi connectivity index (χ0n) is 23.8. The minimum absolute atomic E-state index is 0.0344. The normalized spacial score (nSPS) is 47.4. The molecule has 4 heterocycles. The summed E-state index contributed by atoms with van der Waals surface area (Å²) >= 11 is 0. The molecule has 4 fully saturated rings. The molecular weight excluding hydrogens is 580 g/mol. The van der Waals surface area contributed by atoms with Crippen molar-refractivity contribution in [2.45, 2.75) is 106 Å². The summed E-state index contributed by atoms with van der Waals surface area (Å²) in [6, 6.07) is 0. The van der Waals surface area contributed by atoms with Gasteiger partial charge in [-0.2, -0.15) is 0 Å². The van der Waals surface area contributed by atoms with Gasteiger partial charge in [-0.15, -0.1) is 0 Å². The van der Waals surface area contributed by atoms with Gasteiger partial charge in [0.2, 0.25) is 6.29 Å².